The number of carbonyl (C=O) groups is 1. The number of hydrogen-bond acceptors (Lipinski definition) is 3. The zero-order valence-corrected chi connectivity index (χ0v) is 10.0. The van der Waals surface area contributed by atoms with E-state index in [0.717, 1.165) is 11.1 Å². The van der Waals surface area contributed by atoms with E-state index in [9.17, 15) is 9.90 Å². The largest absolute Gasteiger partial charge is 0.504 e. The van der Waals surface area contributed by atoms with Crippen molar-refractivity contribution in [3.8, 4) is 11.5 Å². The molecule has 0 aliphatic rings. The molecule has 0 spiro atoms. The fourth-order valence-electron chi connectivity index (χ4n) is 1.37. The second-order valence-corrected chi connectivity index (χ2v) is 4.09. The normalized spacial score (nSPS) is 9.76. The van der Waals surface area contributed by atoms with Crippen molar-refractivity contribution in [1.82, 2.24) is 5.32 Å². The van der Waals surface area contributed by atoms with Gasteiger partial charge >= 0.3 is 0 Å². The Kier molecular flexibility index (Phi) is 4.57. The van der Waals surface area contributed by atoms with Gasteiger partial charge in [0.25, 0.3) is 0 Å². The summed E-state index contributed by atoms with van der Waals surface area (Å²) in [4.78, 5) is 11.3. The van der Waals surface area contributed by atoms with Crippen LogP contribution < -0.4 is 5.32 Å². The Morgan fingerprint density at radius 3 is 2.59 bits per heavy atom. The van der Waals surface area contributed by atoms with Crippen molar-refractivity contribution < 1.29 is 15.0 Å². The molecule has 0 aliphatic heterocycles. The predicted octanol–water partition coefficient (Wildman–Crippen LogP) is 1.72. The lowest BCUT2D eigenvalue weighted by molar-refractivity contribution is -0.116. The number of phenolic OH excluding ortho intramolecular Hbond substituents is 2. The van der Waals surface area contributed by atoms with E-state index in [1.807, 2.05) is 13.8 Å². The molecule has 1 rings (SSSR count). The third-order valence-corrected chi connectivity index (χ3v) is 2.17. The Labute approximate surface area is 101 Å². The molecule has 0 atom stereocenters. The summed E-state index contributed by atoms with van der Waals surface area (Å²) < 4.78 is 0. The second-order valence-electron chi connectivity index (χ2n) is 4.09. The van der Waals surface area contributed by atoms with Crippen molar-refractivity contribution in [3.63, 3.8) is 0 Å². The van der Waals surface area contributed by atoms with Gasteiger partial charge in [0.1, 0.15) is 0 Å². The van der Waals surface area contributed by atoms with Crippen LogP contribution >= 0.6 is 0 Å². The van der Waals surface area contributed by atoms with Crippen LogP contribution in [0.15, 0.2) is 29.8 Å². The van der Waals surface area contributed by atoms with E-state index in [1.54, 1.807) is 6.07 Å². The van der Waals surface area contributed by atoms with Crippen LogP contribution in [-0.2, 0) is 11.2 Å². The average molecular weight is 235 g/mol. The molecule has 1 aromatic carbocycles. The predicted molar refractivity (Wildman–Crippen MR) is 65.9 cm³/mol. The summed E-state index contributed by atoms with van der Waals surface area (Å²) >= 11 is 0. The molecule has 0 unspecified atom stereocenters. The zero-order valence-electron chi connectivity index (χ0n) is 10.0. The molecule has 4 heteroatoms. The third kappa shape index (κ3) is 4.59. The van der Waals surface area contributed by atoms with Crippen molar-refractivity contribution >= 4 is 5.91 Å². The number of hydrogen-bond donors (Lipinski definition) is 3. The molecule has 0 aliphatic carbocycles. The minimum absolute atomic E-state index is 0.118. The van der Waals surface area contributed by atoms with E-state index >= 15 is 0 Å². The molecule has 0 saturated carbocycles. The van der Waals surface area contributed by atoms with Gasteiger partial charge in [-0.05, 0) is 38.0 Å². The first-order chi connectivity index (χ1) is 7.99. The minimum atomic E-state index is -0.141. The Morgan fingerprint density at radius 1 is 1.29 bits per heavy atom. The molecule has 1 aromatic rings. The summed E-state index contributed by atoms with van der Waals surface area (Å²) in [6, 6.07) is 4.63. The van der Waals surface area contributed by atoms with Gasteiger partial charge < -0.3 is 15.5 Å². The maximum atomic E-state index is 11.3. The molecule has 3 N–H and O–H groups in total. The first-order valence-electron chi connectivity index (χ1n) is 5.42. The number of carbonyl (C=O) groups excluding carboxylic acids is 1. The van der Waals surface area contributed by atoms with Crippen LogP contribution in [0.5, 0.6) is 11.5 Å². The van der Waals surface area contributed by atoms with Crippen molar-refractivity contribution in [3.05, 3.63) is 35.4 Å². The first-order valence-corrected chi connectivity index (χ1v) is 5.42. The fourth-order valence-corrected chi connectivity index (χ4v) is 1.37. The topological polar surface area (TPSA) is 69.6 Å². The smallest absolute Gasteiger partial charge is 0.243 e. The fraction of sp³-hybridized carbons (Fsp3) is 0.308. The van der Waals surface area contributed by atoms with Crippen LogP contribution in [0.1, 0.15) is 19.4 Å². The van der Waals surface area contributed by atoms with Crippen LogP contribution in [-0.4, -0.2) is 22.7 Å². The summed E-state index contributed by atoms with van der Waals surface area (Å²) in [7, 11) is 0. The van der Waals surface area contributed by atoms with Crippen molar-refractivity contribution in [2.75, 3.05) is 6.54 Å². The van der Waals surface area contributed by atoms with E-state index in [0.29, 0.717) is 13.0 Å². The number of amides is 1. The van der Waals surface area contributed by atoms with Crippen LogP contribution in [0, 0.1) is 0 Å². The van der Waals surface area contributed by atoms with Crippen molar-refractivity contribution in [2.24, 2.45) is 0 Å². The molecule has 0 fully saturated rings. The van der Waals surface area contributed by atoms with E-state index in [-0.39, 0.29) is 17.4 Å². The van der Waals surface area contributed by atoms with Crippen LogP contribution in [0.25, 0.3) is 0 Å². The molecule has 1 amide bonds. The summed E-state index contributed by atoms with van der Waals surface area (Å²) in [5, 5.41) is 21.1. The minimum Gasteiger partial charge on any atom is -0.504 e. The highest BCUT2D eigenvalue weighted by Crippen LogP contribution is 2.24. The number of phenols is 2. The lowest BCUT2D eigenvalue weighted by Crippen LogP contribution is -2.23. The van der Waals surface area contributed by atoms with Gasteiger partial charge in [-0.2, -0.15) is 0 Å². The molecule has 92 valence electrons. The standard InChI is InChI=1S/C13H17NO3/c1-9(2)7-13(17)14-6-5-10-3-4-11(15)12(16)8-10/h3-4,7-8,15-16H,5-6H2,1-2H3,(H,14,17). The van der Waals surface area contributed by atoms with Gasteiger partial charge in [-0.25, -0.2) is 0 Å². The zero-order chi connectivity index (χ0) is 12.8. The molecule has 4 nitrogen and oxygen atoms in total. The highest BCUT2D eigenvalue weighted by molar-refractivity contribution is 5.87. The summed E-state index contributed by atoms with van der Waals surface area (Å²) in [6.07, 6.45) is 2.14. The Balaban J connectivity index is 2.43. The van der Waals surface area contributed by atoms with Gasteiger partial charge in [0, 0.05) is 12.6 Å². The number of benzene rings is 1. The number of nitrogens with one attached hydrogen (secondary N) is 1. The molecular formula is C13H17NO3. The molecule has 0 heterocycles. The Bertz CT molecular complexity index is 434. The number of rotatable bonds is 4. The highest BCUT2D eigenvalue weighted by Gasteiger charge is 2.01. The van der Waals surface area contributed by atoms with Crippen molar-refractivity contribution in [2.45, 2.75) is 20.3 Å². The SMILES string of the molecule is CC(C)=CC(=O)NCCc1ccc(O)c(O)c1. The molecule has 0 saturated heterocycles. The first kappa shape index (κ1) is 13.1. The third-order valence-electron chi connectivity index (χ3n) is 2.17. The number of aromatic hydroxyl groups is 2. The summed E-state index contributed by atoms with van der Waals surface area (Å²) in [5.74, 6) is -0.395. The number of allylic oxidation sites excluding steroid dienone is 1. The summed E-state index contributed by atoms with van der Waals surface area (Å²) in [6.45, 7) is 4.21. The lowest BCUT2D eigenvalue weighted by atomic mass is 10.1. The van der Waals surface area contributed by atoms with Gasteiger partial charge in [-0.1, -0.05) is 11.6 Å². The average Bonchev–Trinajstić information content (AvgIpc) is 2.22. The van der Waals surface area contributed by atoms with Gasteiger partial charge in [0.15, 0.2) is 11.5 Å². The van der Waals surface area contributed by atoms with Gasteiger partial charge in [-0.3, -0.25) is 4.79 Å². The highest BCUT2D eigenvalue weighted by atomic mass is 16.3. The van der Waals surface area contributed by atoms with E-state index in [4.69, 9.17) is 5.11 Å². The Morgan fingerprint density at radius 2 is 2.00 bits per heavy atom. The monoisotopic (exact) mass is 235 g/mol. The van der Waals surface area contributed by atoms with Gasteiger partial charge in [0.2, 0.25) is 5.91 Å². The quantitative estimate of drug-likeness (QED) is 0.550. The van der Waals surface area contributed by atoms with E-state index in [1.165, 1.54) is 18.2 Å². The van der Waals surface area contributed by atoms with Crippen LogP contribution in [0.2, 0.25) is 0 Å². The molecule has 17 heavy (non-hydrogen) atoms. The van der Waals surface area contributed by atoms with Crippen LogP contribution in [0.3, 0.4) is 0 Å². The van der Waals surface area contributed by atoms with E-state index in [2.05, 4.69) is 5.32 Å². The van der Waals surface area contributed by atoms with E-state index < -0.39 is 0 Å². The Hall–Kier alpha value is -1.97. The lowest BCUT2D eigenvalue weighted by Gasteiger charge is -2.04. The summed E-state index contributed by atoms with van der Waals surface area (Å²) in [5.41, 5.74) is 1.81. The van der Waals surface area contributed by atoms with Gasteiger partial charge in [-0.15, -0.1) is 0 Å². The van der Waals surface area contributed by atoms with Crippen LogP contribution in [0.4, 0.5) is 0 Å². The maximum absolute atomic E-state index is 11.3. The van der Waals surface area contributed by atoms with Crippen molar-refractivity contribution in [1.29, 1.82) is 0 Å². The van der Waals surface area contributed by atoms with Gasteiger partial charge in [0.05, 0.1) is 0 Å². The molecule has 0 bridgehead atoms. The molecular weight excluding hydrogens is 218 g/mol. The maximum Gasteiger partial charge on any atom is 0.243 e. The molecule has 0 aromatic heterocycles. The molecule has 0 radical (unpaired) electrons. The second kappa shape index (κ2) is 5.94.